The van der Waals surface area contributed by atoms with Crippen molar-refractivity contribution in [2.45, 2.75) is 19.1 Å². The average Bonchev–Trinajstić information content (AvgIpc) is 2.48. The third-order valence-corrected chi connectivity index (χ3v) is 3.86. The van der Waals surface area contributed by atoms with Gasteiger partial charge in [-0.2, -0.15) is 0 Å². The maximum absolute atomic E-state index is 5.55. The van der Waals surface area contributed by atoms with Crippen molar-refractivity contribution in [3.05, 3.63) is 70.2 Å². The molecule has 0 aromatic heterocycles. The lowest BCUT2D eigenvalue weighted by molar-refractivity contribution is 0.0727. The van der Waals surface area contributed by atoms with E-state index in [-0.39, 0.29) is 6.23 Å². The molecule has 2 nitrogen and oxygen atoms in total. The van der Waals surface area contributed by atoms with Crippen LogP contribution in [0.1, 0.15) is 30.2 Å². The summed E-state index contributed by atoms with van der Waals surface area (Å²) in [6, 6.07) is 18.7. The summed E-state index contributed by atoms with van der Waals surface area (Å²) in [4.78, 5) is 0. The highest BCUT2D eigenvalue weighted by Gasteiger charge is 2.12. The maximum Gasteiger partial charge on any atom is 0.133 e. The van der Waals surface area contributed by atoms with E-state index in [0.717, 1.165) is 16.6 Å². The maximum atomic E-state index is 5.55. The molecule has 0 spiro atoms. The van der Waals surface area contributed by atoms with E-state index in [1.165, 1.54) is 5.56 Å². The van der Waals surface area contributed by atoms with Crippen LogP contribution < -0.4 is 5.32 Å². The fourth-order valence-electron chi connectivity index (χ4n) is 2.19. The minimum atomic E-state index is -0.0846. The first kappa shape index (κ1) is 15.2. The molecule has 2 atom stereocenters. The standard InChI is InChI=1S/C17H20BrNO/c1-13(14-7-4-3-5-8-14)12-19-17(20-2)15-9-6-10-16(18)11-15/h3-11,13,17,19H,12H2,1-2H3/t13-,17-/m0/s1. The second-order valence-corrected chi connectivity index (χ2v) is 5.81. The largest absolute Gasteiger partial charge is 0.362 e. The van der Waals surface area contributed by atoms with Gasteiger partial charge < -0.3 is 4.74 Å². The highest BCUT2D eigenvalue weighted by atomic mass is 79.9. The molecular weight excluding hydrogens is 314 g/mol. The van der Waals surface area contributed by atoms with Gasteiger partial charge in [0.2, 0.25) is 0 Å². The quantitative estimate of drug-likeness (QED) is 0.786. The van der Waals surface area contributed by atoms with Gasteiger partial charge in [0.15, 0.2) is 0 Å². The molecule has 0 saturated carbocycles. The molecule has 0 radical (unpaired) electrons. The monoisotopic (exact) mass is 333 g/mol. The van der Waals surface area contributed by atoms with Crippen LogP contribution in [0.15, 0.2) is 59.1 Å². The number of rotatable bonds is 6. The van der Waals surface area contributed by atoms with Crippen LogP contribution in [0.2, 0.25) is 0 Å². The van der Waals surface area contributed by atoms with Crippen molar-refractivity contribution in [1.29, 1.82) is 0 Å². The van der Waals surface area contributed by atoms with Crippen LogP contribution >= 0.6 is 15.9 Å². The zero-order valence-corrected chi connectivity index (χ0v) is 13.4. The Morgan fingerprint density at radius 1 is 1.05 bits per heavy atom. The van der Waals surface area contributed by atoms with Crippen molar-refractivity contribution >= 4 is 15.9 Å². The number of methoxy groups -OCH3 is 1. The van der Waals surface area contributed by atoms with E-state index in [2.05, 4.69) is 64.6 Å². The summed E-state index contributed by atoms with van der Waals surface area (Å²) >= 11 is 3.49. The van der Waals surface area contributed by atoms with E-state index in [1.54, 1.807) is 7.11 Å². The van der Waals surface area contributed by atoms with Crippen molar-refractivity contribution in [3.63, 3.8) is 0 Å². The lowest BCUT2D eigenvalue weighted by atomic mass is 10.0. The van der Waals surface area contributed by atoms with Gasteiger partial charge in [0.05, 0.1) is 0 Å². The van der Waals surface area contributed by atoms with Gasteiger partial charge in [0, 0.05) is 18.1 Å². The Balaban J connectivity index is 1.97. The lowest BCUT2D eigenvalue weighted by Gasteiger charge is -2.21. The summed E-state index contributed by atoms with van der Waals surface area (Å²) in [5.41, 5.74) is 2.46. The number of benzene rings is 2. The van der Waals surface area contributed by atoms with Crippen LogP contribution in [0.25, 0.3) is 0 Å². The van der Waals surface area contributed by atoms with Crippen molar-refractivity contribution in [3.8, 4) is 0 Å². The minimum Gasteiger partial charge on any atom is -0.362 e. The van der Waals surface area contributed by atoms with E-state index < -0.39 is 0 Å². The van der Waals surface area contributed by atoms with Gasteiger partial charge in [-0.15, -0.1) is 0 Å². The Morgan fingerprint density at radius 3 is 2.40 bits per heavy atom. The highest BCUT2D eigenvalue weighted by molar-refractivity contribution is 9.10. The predicted molar refractivity (Wildman–Crippen MR) is 86.8 cm³/mol. The molecule has 0 unspecified atom stereocenters. The molecule has 0 heterocycles. The van der Waals surface area contributed by atoms with Gasteiger partial charge in [0.1, 0.15) is 6.23 Å². The van der Waals surface area contributed by atoms with Crippen molar-refractivity contribution in [2.75, 3.05) is 13.7 Å². The predicted octanol–water partition coefficient (Wildman–Crippen LogP) is 4.49. The molecule has 0 aliphatic carbocycles. The third-order valence-electron chi connectivity index (χ3n) is 3.37. The van der Waals surface area contributed by atoms with Crippen molar-refractivity contribution < 1.29 is 4.74 Å². The van der Waals surface area contributed by atoms with E-state index in [9.17, 15) is 0 Å². The summed E-state index contributed by atoms with van der Waals surface area (Å²) in [6.07, 6.45) is -0.0846. The first-order valence-electron chi connectivity index (χ1n) is 6.77. The molecule has 0 bridgehead atoms. The van der Waals surface area contributed by atoms with Gasteiger partial charge in [-0.3, -0.25) is 5.32 Å². The molecule has 2 aromatic carbocycles. The average molecular weight is 334 g/mol. The molecule has 0 amide bonds. The SMILES string of the molecule is CO[C@H](NC[C@H](C)c1ccccc1)c1cccc(Br)c1. The fraction of sp³-hybridized carbons (Fsp3) is 0.294. The minimum absolute atomic E-state index is 0.0846. The molecule has 1 N–H and O–H groups in total. The van der Waals surface area contributed by atoms with Gasteiger partial charge in [-0.05, 0) is 29.2 Å². The molecule has 3 heteroatoms. The number of hydrogen-bond acceptors (Lipinski definition) is 2. The van der Waals surface area contributed by atoms with Crippen LogP contribution in [-0.2, 0) is 4.74 Å². The molecule has 2 rings (SSSR count). The third kappa shape index (κ3) is 4.17. The number of halogens is 1. The lowest BCUT2D eigenvalue weighted by Crippen LogP contribution is -2.26. The number of ether oxygens (including phenoxy) is 1. The van der Waals surface area contributed by atoms with Gasteiger partial charge in [-0.1, -0.05) is 65.3 Å². The van der Waals surface area contributed by atoms with E-state index in [0.29, 0.717) is 5.92 Å². The zero-order chi connectivity index (χ0) is 14.4. The Labute approximate surface area is 129 Å². The second-order valence-electron chi connectivity index (χ2n) is 4.89. The molecule has 0 aliphatic heterocycles. The molecule has 0 saturated heterocycles. The molecular formula is C17H20BrNO. The van der Waals surface area contributed by atoms with Crippen LogP contribution in [0, 0.1) is 0 Å². The summed E-state index contributed by atoms with van der Waals surface area (Å²) in [6.45, 7) is 3.09. The van der Waals surface area contributed by atoms with Crippen LogP contribution in [0.3, 0.4) is 0 Å². The Bertz CT molecular complexity index is 530. The first-order valence-corrected chi connectivity index (χ1v) is 7.56. The highest BCUT2D eigenvalue weighted by Crippen LogP contribution is 2.20. The van der Waals surface area contributed by atoms with Gasteiger partial charge in [-0.25, -0.2) is 0 Å². The van der Waals surface area contributed by atoms with E-state index >= 15 is 0 Å². The Morgan fingerprint density at radius 2 is 1.75 bits per heavy atom. The summed E-state index contributed by atoms with van der Waals surface area (Å²) in [5, 5.41) is 3.47. The van der Waals surface area contributed by atoms with Crippen molar-refractivity contribution in [1.82, 2.24) is 5.32 Å². The molecule has 0 fully saturated rings. The topological polar surface area (TPSA) is 21.3 Å². The summed E-state index contributed by atoms with van der Waals surface area (Å²) < 4.78 is 6.61. The molecule has 0 aliphatic rings. The normalized spacial score (nSPS) is 13.9. The Hall–Kier alpha value is -1.16. The van der Waals surface area contributed by atoms with Crippen LogP contribution in [0.5, 0.6) is 0 Å². The van der Waals surface area contributed by atoms with Gasteiger partial charge >= 0.3 is 0 Å². The zero-order valence-electron chi connectivity index (χ0n) is 11.8. The second kappa shape index (κ2) is 7.58. The molecule has 2 aromatic rings. The van der Waals surface area contributed by atoms with E-state index in [1.807, 2.05) is 18.2 Å². The first-order chi connectivity index (χ1) is 9.70. The smallest absolute Gasteiger partial charge is 0.133 e. The molecule has 20 heavy (non-hydrogen) atoms. The summed E-state index contributed by atoms with van der Waals surface area (Å²) in [7, 11) is 1.73. The van der Waals surface area contributed by atoms with Crippen LogP contribution in [-0.4, -0.2) is 13.7 Å². The fourth-order valence-corrected chi connectivity index (χ4v) is 2.61. The van der Waals surface area contributed by atoms with Crippen molar-refractivity contribution in [2.24, 2.45) is 0 Å². The summed E-state index contributed by atoms with van der Waals surface area (Å²) in [5.74, 6) is 0.445. The number of nitrogens with one attached hydrogen (secondary N) is 1. The number of hydrogen-bond donors (Lipinski definition) is 1. The van der Waals surface area contributed by atoms with Crippen LogP contribution in [0.4, 0.5) is 0 Å². The molecule has 106 valence electrons. The Kier molecular flexibility index (Phi) is 5.77. The van der Waals surface area contributed by atoms with E-state index in [4.69, 9.17) is 4.74 Å². The van der Waals surface area contributed by atoms with Gasteiger partial charge in [0.25, 0.3) is 0 Å².